The Labute approximate surface area is 125 Å². The lowest BCUT2D eigenvalue weighted by atomic mass is 10.1. The molecule has 0 aliphatic rings. The predicted molar refractivity (Wildman–Crippen MR) is 79.7 cm³/mol. The van der Waals surface area contributed by atoms with Crippen molar-refractivity contribution >= 4 is 27.5 Å². The van der Waals surface area contributed by atoms with E-state index in [1.54, 1.807) is 25.1 Å². The Balaban J connectivity index is 2.38. The van der Waals surface area contributed by atoms with Gasteiger partial charge < -0.3 is 9.73 Å². The van der Waals surface area contributed by atoms with Crippen LogP contribution in [0.5, 0.6) is 0 Å². The Morgan fingerprint density at radius 3 is 2.55 bits per heavy atom. The number of anilines is 1. The molecule has 0 saturated carbocycles. The van der Waals surface area contributed by atoms with Crippen LogP contribution >= 0.6 is 15.9 Å². The number of rotatable bonds is 2. The molecule has 102 valence electrons. The van der Waals surface area contributed by atoms with Gasteiger partial charge in [0.25, 0.3) is 5.91 Å². The van der Waals surface area contributed by atoms with E-state index in [0.29, 0.717) is 22.6 Å². The number of carbonyl (C=O) groups is 1. The number of halogens is 1. The fourth-order valence-corrected chi connectivity index (χ4v) is 2.39. The number of carbonyl (C=O) groups excluding carboxylic acids is 1. The van der Waals surface area contributed by atoms with E-state index in [-0.39, 0.29) is 5.91 Å². The largest absolute Gasteiger partial charge is 0.466 e. The van der Waals surface area contributed by atoms with Crippen molar-refractivity contribution in [2.75, 3.05) is 5.32 Å². The van der Waals surface area contributed by atoms with Gasteiger partial charge in [-0.05, 0) is 39.0 Å². The predicted octanol–water partition coefficient (Wildman–Crippen LogP) is 4.09. The summed E-state index contributed by atoms with van der Waals surface area (Å²) >= 11 is 3.33. The number of benzene rings is 1. The molecule has 0 atom stereocenters. The highest BCUT2D eigenvalue weighted by Gasteiger charge is 2.19. The van der Waals surface area contributed by atoms with Crippen LogP contribution in [0.2, 0.25) is 0 Å². The quantitative estimate of drug-likeness (QED) is 0.900. The number of nitrogens with zero attached hydrogens (tertiary/aromatic N) is 1. The normalized spacial score (nSPS) is 10.2. The molecule has 0 unspecified atom stereocenters. The molecular weight excluding hydrogens is 320 g/mol. The van der Waals surface area contributed by atoms with Gasteiger partial charge in [0.2, 0.25) is 0 Å². The van der Waals surface area contributed by atoms with Crippen LogP contribution in [-0.4, -0.2) is 5.91 Å². The van der Waals surface area contributed by atoms with Gasteiger partial charge in [0.1, 0.15) is 17.6 Å². The zero-order valence-electron chi connectivity index (χ0n) is 11.4. The first-order chi connectivity index (χ1) is 9.43. The molecule has 1 N–H and O–H groups in total. The number of nitrogens with one attached hydrogen (secondary N) is 1. The topological polar surface area (TPSA) is 66.0 Å². The first-order valence-corrected chi connectivity index (χ1v) is 6.81. The average molecular weight is 333 g/mol. The van der Waals surface area contributed by atoms with Crippen molar-refractivity contribution in [2.24, 2.45) is 0 Å². The van der Waals surface area contributed by atoms with Crippen LogP contribution in [0.3, 0.4) is 0 Å². The van der Waals surface area contributed by atoms with Crippen molar-refractivity contribution in [3.8, 4) is 6.07 Å². The average Bonchev–Trinajstić information content (AvgIpc) is 2.63. The van der Waals surface area contributed by atoms with Crippen molar-refractivity contribution in [3.05, 3.63) is 50.9 Å². The summed E-state index contributed by atoms with van der Waals surface area (Å²) in [5.74, 6) is 1.03. The Bertz CT molecular complexity index is 726. The van der Waals surface area contributed by atoms with Crippen molar-refractivity contribution in [2.45, 2.75) is 20.8 Å². The minimum Gasteiger partial charge on any atom is -0.466 e. The second-order valence-electron chi connectivity index (χ2n) is 4.47. The van der Waals surface area contributed by atoms with Gasteiger partial charge in [0.05, 0.1) is 16.8 Å². The van der Waals surface area contributed by atoms with Crippen LogP contribution in [0.25, 0.3) is 0 Å². The molecule has 1 heterocycles. The molecule has 1 amide bonds. The third-order valence-electron chi connectivity index (χ3n) is 3.14. The summed E-state index contributed by atoms with van der Waals surface area (Å²) in [6.07, 6.45) is 0. The Morgan fingerprint density at radius 2 is 2.00 bits per heavy atom. The minimum absolute atomic E-state index is 0.272. The molecule has 0 radical (unpaired) electrons. The zero-order valence-corrected chi connectivity index (χ0v) is 13.0. The van der Waals surface area contributed by atoms with E-state index in [4.69, 9.17) is 9.68 Å². The highest BCUT2D eigenvalue weighted by atomic mass is 79.9. The molecule has 20 heavy (non-hydrogen) atoms. The third kappa shape index (κ3) is 2.61. The Morgan fingerprint density at radius 1 is 1.30 bits per heavy atom. The molecule has 0 aliphatic heterocycles. The first-order valence-electron chi connectivity index (χ1n) is 6.01. The maximum Gasteiger partial charge on any atom is 0.259 e. The maximum absolute atomic E-state index is 12.4. The third-order valence-corrected chi connectivity index (χ3v) is 3.63. The summed E-state index contributed by atoms with van der Waals surface area (Å²) < 4.78 is 6.24. The minimum atomic E-state index is -0.272. The molecule has 0 bridgehead atoms. The van der Waals surface area contributed by atoms with E-state index in [1.807, 2.05) is 13.8 Å². The Hall–Kier alpha value is -2.06. The summed E-state index contributed by atoms with van der Waals surface area (Å²) in [7, 11) is 0. The molecule has 2 rings (SSSR count). The number of hydrogen-bond donors (Lipinski definition) is 1. The fourth-order valence-electron chi connectivity index (χ4n) is 2.03. The summed E-state index contributed by atoms with van der Waals surface area (Å²) in [6.45, 7) is 5.41. The maximum atomic E-state index is 12.4. The lowest BCUT2D eigenvalue weighted by Gasteiger charge is -2.07. The van der Waals surface area contributed by atoms with Crippen LogP contribution in [0.4, 0.5) is 5.69 Å². The number of aryl methyl sites for hydroxylation is 2. The standard InChI is InChI=1S/C15H13BrN2O2/c1-8-9(2)20-10(3)14(8)15(19)18-13-6-12(16)5-4-11(13)7-17/h4-6H,1-3H3,(H,18,19). The van der Waals surface area contributed by atoms with Crippen LogP contribution in [-0.2, 0) is 0 Å². The number of amides is 1. The van der Waals surface area contributed by atoms with Crippen molar-refractivity contribution in [1.29, 1.82) is 5.26 Å². The van der Waals surface area contributed by atoms with Crippen LogP contribution in [0.15, 0.2) is 27.1 Å². The van der Waals surface area contributed by atoms with Crippen LogP contribution in [0, 0.1) is 32.1 Å². The molecule has 0 aliphatic carbocycles. The van der Waals surface area contributed by atoms with Gasteiger partial charge >= 0.3 is 0 Å². The molecule has 2 aromatic rings. The molecule has 1 aromatic carbocycles. The van der Waals surface area contributed by atoms with Gasteiger partial charge in [-0.1, -0.05) is 15.9 Å². The summed E-state index contributed by atoms with van der Waals surface area (Å²) in [6, 6.07) is 7.17. The second kappa shape index (κ2) is 5.51. The number of furan rings is 1. The monoisotopic (exact) mass is 332 g/mol. The van der Waals surface area contributed by atoms with Gasteiger partial charge in [0, 0.05) is 10.0 Å². The van der Waals surface area contributed by atoms with Gasteiger partial charge in [-0.2, -0.15) is 5.26 Å². The molecule has 0 saturated heterocycles. The molecule has 4 nitrogen and oxygen atoms in total. The van der Waals surface area contributed by atoms with E-state index in [2.05, 4.69) is 27.3 Å². The van der Waals surface area contributed by atoms with E-state index < -0.39 is 0 Å². The van der Waals surface area contributed by atoms with Gasteiger partial charge in [-0.15, -0.1) is 0 Å². The lowest BCUT2D eigenvalue weighted by Crippen LogP contribution is -2.14. The first kappa shape index (κ1) is 14.4. The highest BCUT2D eigenvalue weighted by molar-refractivity contribution is 9.10. The van der Waals surface area contributed by atoms with E-state index in [9.17, 15) is 4.79 Å². The highest BCUT2D eigenvalue weighted by Crippen LogP contribution is 2.25. The van der Waals surface area contributed by atoms with Crippen molar-refractivity contribution in [1.82, 2.24) is 0 Å². The Kier molecular flexibility index (Phi) is 3.96. The molecular formula is C15H13BrN2O2. The summed E-state index contributed by atoms with van der Waals surface area (Å²) in [5.41, 5.74) is 2.22. The van der Waals surface area contributed by atoms with Crippen LogP contribution < -0.4 is 5.32 Å². The van der Waals surface area contributed by atoms with Gasteiger partial charge in [-0.3, -0.25) is 4.79 Å². The fraction of sp³-hybridized carbons (Fsp3) is 0.200. The van der Waals surface area contributed by atoms with E-state index in [0.717, 1.165) is 15.8 Å². The number of nitriles is 1. The summed E-state index contributed by atoms with van der Waals surface area (Å²) in [5, 5.41) is 11.8. The smallest absolute Gasteiger partial charge is 0.259 e. The van der Waals surface area contributed by atoms with E-state index >= 15 is 0 Å². The molecule has 0 spiro atoms. The SMILES string of the molecule is Cc1oc(C)c(C(=O)Nc2cc(Br)ccc2C#N)c1C. The van der Waals surface area contributed by atoms with Crippen molar-refractivity contribution in [3.63, 3.8) is 0 Å². The van der Waals surface area contributed by atoms with Gasteiger partial charge in [-0.25, -0.2) is 0 Å². The van der Waals surface area contributed by atoms with Gasteiger partial charge in [0.15, 0.2) is 0 Å². The number of hydrogen-bond acceptors (Lipinski definition) is 3. The molecule has 1 aromatic heterocycles. The van der Waals surface area contributed by atoms with Crippen LogP contribution in [0.1, 0.15) is 33.0 Å². The van der Waals surface area contributed by atoms with E-state index in [1.165, 1.54) is 0 Å². The van der Waals surface area contributed by atoms with Crippen molar-refractivity contribution < 1.29 is 9.21 Å². The molecule has 5 heteroatoms. The zero-order chi connectivity index (χ0) is 14.9. The second-order valence-corrected chi connectivity index (χ2v) is 5.39. The summed E-state index contributed by atoms with van der Waals surface area (Å²) in [4.78, 5) is 12.4. The lowest BCUT2D eigenvalue weighted by molar-refractivity contribution is 0.102. The molecule has 0 fully saturated rings.